The summed E-state index contributed by atoms with van der Waals surface area (Å²) >= 11 is 1.84. The zero-order chi connectivity index (χ0) is 15.2. The van der Waals surface area contributed by atoms with E-state index in [1.54, 1.807) is 0 Å². The van der Waals surface area contributed by atoms with E-state index in [-0.39, 0.29) is 0 Å². The van der Waals surface area contributed by atoms with Gasteiger partial charge in [-0.3, -0.25) is 0 Å². The molecular formula is C19H16N2S. The lowest BCUT2D eigenvalue weighted by Gasteiger charge is -2.11. The third-order valence-corrected chi connectivity index (χ3v) is 4.68. The molecule has 3 aromatic rings. The van der Waals surface area contributed by atoms with Crippen LogP contribution in [0.3, 0.4) is 0 Å². The van der Waals surface area contributed by atoms with Gasteiger partial charge >= 0.3 is 0 Å². The third-order valence-electron chi connectivity index (χ3n) is 3.49. The van der Waals surface area contributed by atoms with Crippen molar-refractivity contribution in [3.63, 3.8) is 0 Å². The maximum absolute atomic E-state index is 9.13. The first-order valence-corrected chi connectivity index (χ1v) is 8.15. The summed E-state index contributed by atoms with van der Waals surface area (Å²) in [5.74, 6) is 0.953. The minimum Gasteiger partial charge on any atom is -0.335 e. The normalized spacial score (nSPS) is 10.3. The second kappa shape index (κ2) is 7.02. The maximum Gasteiger partial charge on any atom is 0.120 e. The third kappa shape index (κ3) is 3.41. The van der Waals surface area contributed by atoms with Gasteiger partial charge in [-0.15, -0.1) is 11.8 Å². The van der Waals surface area contributed by atoms with Gasteiger partial charge in [0.05, 0.1) is 0 Å². The fourth-order valence-electron chi connectivity index (χ4n) is 2.35. The molecule has 0 bridgehead atoms. The van der Waals surface area contributed by atoms with Gasteiger partial charge in [-0.2, -0.15) is 5.26 Å². The van der Waals surface area contributed by atoms with Gasteiger partial charge < -0.3 is 4.57 Å². The summed E-state index contributed by atoms with van der Waals surface area (Å²) in [4.78, 5) is 1.27. The van der Waals surface area contributed by atoms with Gasteiger partial charge in [0.25, 0.3) is 0 Å². The number of hydrogen-bond donors (Lipinski definition) is 0. The summed E-state index contributed by atoms with van der Waals surface area (Å²) in [7, 11) is 0. The van der Waals surface area contributed by atoms with Crippen molar-refractivity contribution in [3.8, 4) is 6.07 Å². The molecule has 0 radical (unpaired) electrons. The van der Waals surface area contributed by atoms with Crippen LogP contribution in [-0.2, 0) is 12.3 Å². The zero-order valence-electron chi connectivity index (χ0n) is 12.1. The number of rotatable bonds is 5. The molecule has 2 aromatic carbocycles. The second-order valence-corrected chi connectivity index (χ2v) is 6.03. The Morgan fingerprint density at radius 1 is 0.909 bits per heavy atom. The first-order chi connectivity index (χ1) is 10.9. The lowest BCUT2D eigenvalue weighted by Crippen LogP contribution is -2.01. The molecule has 0 fully saturated rings. The minimum absolute atomic E-state index is 0.697. The van der Waals surface area contributed by atoms with Gasteiger partial charge in [-0.05, 0) is 29.3 Å². The Labute approximate surface area is 135 Å². The Kier molecular flexibility index (Phi) is 4.62. The molecule has 0 aliphatic rings. The van der Waals surface area contributed by atoms with Crippen LogP contribution in [0, 0.1) is 11.3 Å². The van der Waals surface area contributed by atoms with Crippen molar-refractivity contribution >= 4 is 11.8 Å². The monoisotopic (exact) mass is 304 g/mol. The van der Waals surface area contributed by atoms with Gasteiger partial charge in [-0.1, -0.05) is 48.5 Å². The van der Waals surface area contributed by atoms with Crippen molar-refractivity contribution < 1.29 is 0 Å². The highest BCUT2D eigenvalue weighted by Gasteiger charge is 2.06. The largest absolute Gasteiger partial charge is 0.335 e. The average molecular weight is 304 g/mol. The lowest BCUT2D eigenvalue weighted by molar-refractivity contribution is 0.780. The number of hydrogen-bond acceptors (Lipinski definition) is 2. The van der Waals surface area contributed by atoms with E-state index in [9.17, 15) is 0 Å². The predicted molar refractivity (Wildman–Crippen MR) is 90.7 cm³/mol. The molecule has 0 amide bonds. The summed E-state index contributed by atoms with van der Waals surface area (Å²) in [6.07, 6.45) is 1.96. The first kappa shape index (κ1) is 14.5. The molecule has 22 heavy (non-hydrogen) atoms. The molecule has 1 heterocycles. The number of nitriles is 1. The fourth-order valence-corrected chi connectivity index (χ4v) is 3.35. The molecule has 3 heteroatoms. The van der Waals surface area contributed by atoms with E-state index in [1.807, 2.05) is 40.7 Å². The molecule has 1 aromatic heterocycles. The maximum atomic E-state index is 9.13. The Morgan fingerprint density at radius 2 is 1.68 bits per heavy atom. The molecule has 2 nitrogen and oxygen atoms in total. The van der Waals surface area contributed by atoms with Crippen molar-refractivity contribution in [3.05, 3.63) is 89.7 Å². The van der Waals surface area contributed by atoms with Gasteiger partial charge in [0, 0.05) is 23.4 Å². The van der Waals surface area contributed by atoms with Crippen LogP contribution in [0.4, 0.5) is 0 Å². The van der Waals surface area contributed by atoms with Crippen LogP contribution in [-0.4, -0.2) is 4.57 Å². The lowest BCUT2D eigenvalue weighted by atomic mass is 10.2. The van der Waals surface area contributed by atoms with Crippen molar-refractivity contribution in [1.82, 2.24) is 4.57 Å². The van der Waals surface area contributed by atoms with Crippen molar-refractivity contribution in [2.24, 2.45) is 0 Å². The highest BCUT2D eigenvalue weighted by molar-refractivity contribution is 7.98. The summed E-state index contributed by atoms with van der Waals surface area (Å²) in [6, 6.07) is 24.9. The SMILES string of the molecule is N#Cc1cccn1Cc1ccccc1SCc1ccccc1. The predicted octanol–water partition coefficient (Wildman–Crippen LogP) is 4.70. The molecule has 0 saturated carbocycles. The van der Waals surface area contributed by atoms with E-state index in [1.165, 1.54) is 16.0 Å². The highest BCUT2D eigenvalue weighted by atomic mass is 32.2. The summed E-state index contributed by atoms with van der Waals surface area (Å²) in [6.45, 7) is 0.730. The van der Waals surface area contributed by atoms with Crippen LogP contribution in [0.5, 0.6) is 0 Å². The standard InChI is InChI=1S/C19H16N2S/c20-13-18-10-6-12-21(18)14-17-9-4-5-11-19(17)22-15-16-7-2-1-3-8-16/h1-12H,14-15H2. The molecule has 0 saturated heterocycles. The highest BCUT2D eigenvalue weighted by Crippen LogP contribution is 2.27. The first-order valence-electron chi connectivity index (χ1n) is 7.16. The van der Waals surface area contributed by atoms with Crippen molar-refractivity contribution in [2.75, 3.05) is 0 Å². The Morgan fingerprint density at radius 3 is 2.50 bits per heavy atom. The quantitative estimate of drug-likeness (QED) is 0.639. The molecule has 0 N–H and O–H groups in total. The van der Waals surface area contributed by atoms with Crippen molar-refractivity contribution in [1.29, 1.82) is 5.26 Å². The molecule has 108 valence electrons. The molecule has 0 aliphatic carbocycles. The summed E-state index contributed by atoms with van der Waals surface area (Å²) in [5, 5.41) is 9.13. The van der Waals surface area contributed by atoms with Gasteiger partial charge in [0.1, 0.15) is 11.8 Å². The number of benzene rings is 2. The fraction of sp³-hybridized carbons (Fsp3) is 0.105. The summed E-state index contributed by atoms with van der Waals surface area (Å²) in [5.41, 5.74) is 3.26. The van der Waals surface area contributed by atoms with Crippen LogP contribution in [0.1, 0.15) is 16.8 Å². The van der Waals surface area contributed by atoms with Gasteiger partial charge in [0.2, 0.25) is 0 Å². The van der Waals surface area contributed by atoms with E-state index >= 15 is 0 Å². The van der Waals surface area contributed by atoms with Gasteiger partial charge in [-0.25, -0.2) is 0 Å². The number of nitrogens with zero attached hydrogens (tertiary/aromatic N) is 2. The molecular weight excluding hydrogens is 288 g/mol. The number of aromatic nitrogens is 1. The van der Waals surface area contributed by atoms with Crippen molar-refractivity contribution in [2.45, 2.75) is 17.2 Å². The van der Waals surface area contributed by atoms with Crippen LogP contribution >= 0.6 is 11.8 Å². The summed E-state index contributed by atoms with van der Waals surface area (Å²) < 4.78 is 1.99. The smallest absolute Gasteiger partial charge is 0.120 e. The molecule has 0 atom stereocenters. The van der Waals surface area contributed by atoms with E-state index in [0.29, 0.717) is 5.69 Å². The topological polar surface area (TPSA) is 28.7 Å². The van der Waals surface area contributed by atoms with Gasteiger partial charge in [0.15, 0.2) is 0 Å². The molecule has 0 unspecified atom stereocenters. The second-order valence-electron chi connectivity index (χ2n) is 5.02. The minimum atomic E-state index is 0.697. The Balaban J connectivity index is 1.77. The van der Waals surface area contributed by atoms with Crippen LogP contribution in [0.2, 0.25) is 0 Å². The van der Waals surface area contributed by atoms with E-state index in [2.05, 4.69) is 54.6 Å². The average Bonchev–Trinajstić information content (AvgIpc) is 3.02. The van der Waals surface area contributed by atoms with Crippen LogP contribution in [0.25, 0.3) is 0 Å². The Hall–Kier alpha value is -2.44. The zero-order valence-corrected chi connectivity index (χ0v) is 13.0. The van der Waals surface area contributed by atoms with Crippen LogP contribution in [0.15, 0.2) is 77.8 Å². The van der Waals surface area contributed by atoms with E-state index in [4.69, 9.17) is 5.26 Å². The Bertz CT molecular complexity index is 784. The number of thioether (sulfide) groups is 1. The van der Waals surface area contributed by atoms with E-state index in [0.717, 1.165) is 12.3 Å². The molecule has 0 aliphatic heterocycles. The van der Waals surface area contributed by atoms with E-state index < -0.39 is 0 Å². The molecule has 3 rings (SSSR count). The van der Waals surface area contributed by atoms with Crippen LogP contribution < -0.4 is 0 Å². The molecule has 0 spiro atoms.